The summed E-state index contributed by atoms with van der Waals surface area (Å²) in [6.07, 6.45) is 2.62. The van der Waals surface area contributed by atoms with Gasteiger partial charge in [-0.3, -0.25) is 4.52 Å². The van der Waals surface area contributed by atoms with Gasteiger partial charge < -0.3 is 19.3 Å². The minimum Gasteiger partial charge on any atom is -0.373 e. The van der Waals surface area contributed by atoms with Gasteiger partial charge in [0.25, 0.3) is 0 Å². The molecule has 1 aromatic carbocycles. The summed E-state index contributed by atoms with van der Waals surface area (Å²) in [6, 6.07) is 8.83. The van der Waals surface area contributed by atoms with Gasteiger partial charge in [-0.1, -0.05) is 31.2 Å². The van der Waals surface area contributed by atoms with Gasteiger partial charge in [-0.05, 0) is 17.5 Å². The number of hydrogen-bond acceptors (Lipinski definition) is 4. The lowest BCUT2D eigenvalue weighted by molar-refractivity contribution is 0.180. The minimum absolute atomic E-state index is 0.00965. The average molecular weight is 316 g/mol. The zero-order valence-electron chi connectivity index (χ0n) is 12.0. The van der Waals surface area contributed by atoms with Crippen molar-refractivity contribution in [3.05, 3.63) is 35.4 Å². The molecule has 2 fully saturated rings. The molecule has 2 aliphatic rings. The highest BCUT2D eigenvalue weighted by atomic mass is 31.2. The van der Waals surface area contributed by atoms with Gasteiger partial charge in [-0.2, -0.15) is 0 Å². The van der Waals surface area contributed by atoms with E-state index in [0.717, 1.165) is 19.4 Å². The molecule has 0 aromatic heterocycles. The first-order chi connectivity index (χ1) is 9.96. The Kier molecular flexibility index (Phi) is 5.93. The van der Waals surface area contributed by atoms with Crippen LogP contribution in [0, 0.1) is 0 Å². The summed E-state index contributed by atoms with van der Waals surface area (Å²) in [5, 5.41) is 0. The Morgan fingerprint density at radius 2 is 1.67 bits per heavy atom. The predicted octanol–water partition coefficient (Wildman–Crippen LogP) is 1.68. The number of hydrogen-bond donors (Lipinski definition) is 2. The number of ether oxygens (including phenoxy) is 2. The smallest absolute Gasteiger partial charge is 0.373 e. The van der Waals surface area contributed by atoms with E-state index in [2.05, 4.69) is 40.4 Å². The molecule has 2 unspecified atom stereocenters. The van der Waals surface area contributed by atoms with Gasteiger partial charge in [0.05, 0.1) is 25.9 Å². The van der Waals surface area contributed by atoms with Crippen molar-refractivity contribution < 1.29 is 28.3 Å². The topological polar surface area (TPSA) is 91.8 Å². The summed E-state index contributed by atoms with van der Waals surface area (Å²) in [4.78, 5) is 16.3. The van der Waals surface area contributed by atoms with Crippen LogP contribution in [0.5, 0.6) is 0 Å². The zero-order chi connectivity index (χ0) is 15.3. The van der Waals surface area contributed by atoms with Crippen molar-refractivity contribution in [2.75, 3.05) is 19.8 Å². The van der Waals surface area contributed by atoms with Crippen LogP contribution in [0.2, 0.25) is 0 Å². The van der Waals surface area contributed by atoms with Crippen LogP contribution in [0.15, 0.2) is 24.3 Å². The summed E-state index contributed by atoms with van der Waals surface area (Å²) in [7, 11) is -4.26. The van der Waals surface area contributed by atoms with Crippen molar-refractivity contribution in [1.29, 1.82) is 0 Å². The van der Waals surface area contributed by atoms with Crippen molar-refractivity contribution in [2.24, 2.45) is 0 Å². The van der Waals surface area contributed by atoms with Crippen LogP contribution in [0.4, 0.5) is 0 Å². The molecule has 0 spiro atoms. The second-order valence-electron chi connectivity index (χ2n) is 5.07. The molecule has 2 atom stereocenters. The van der Waals surface area contributed by atoms with Crippen molar-refractivity contribution in [3.8, 4) is 0 Å². The lowest BCUT2D eigenvalue weighted by atomic mass is 10.1. The van der Waals surface area contributed by atoms with E-state index in [-0.39, 0.29) is 12.7 Å². The molecule has 0 aliphatic carbocycles. The van der Waals surface area contributed by atoms with Gasteiger partial charge in [0.15, 0.2) is 0 Å². The van der Waals surface area contributed by atoms with Gasteiger partial charge in [-0.15, -0.1) is 0 Å². The van der Waals surface area contributed by atoms with E-state index in [9.17, 15) is 4.57 Å². The second-order valence-corrected chi connectivity index (χ2v) is 6.31. The molecule has 2 N–H and O–H groups in total. The zero-order valence-corrected chi connectivity index (χ0v) is 12.9. The Balaban J connectivity index is 0.000000161. The Morgan fingerprint density at radius 3 is 2.10 bits per heavy atom. The molecule has 7 heteroatoms. The molecule has 2 heterocycles. The van der Waals surface area contributed by atoms with Gasteiger partial charge in [0.1, 0.15) is 6.10 Å². The molecule has 0 bridgehead atoms. The first-order valence-corrected chi connectivity index (χ1v) is 8.50. The molecule has 2 aliphatic heterocycles. The molecule has 0 amide bonds. The minimum atomic E-state index is -4.26. The largest absolute Gasteiger partial charge is 0.469 e. The summed E-state index contributed by atoms with van der Waals surface area (Å²) in [5.74, 6) is 0. The van der Waals surface area contributed by atoms with Crippen LogP contribution >= 0.6 is 7.82 Å². The Morgan fingerprint density at radius 1 is 1.14 bits per heavy atom. The lowest BCUT2D eigenvalue weighted by Crippen LogP contribution is -1.98. The number of phosphoric acid groups is 1. The van der Waals surface area contributed by atoms with Crippen molar-refractivity contribution in [1.82, 2.24) is 0 Å². The van der Waals surface area contributed by atoms with Crippen LogP contribution < -0.4 is 0 Å². The molecular weight excluding hydrogens is 295 g/mol. The first kappa shape index (κ1) is 16.6. The molecule has 3 rings (SSSR count). The lowest BCUT2D eigenvalue weighted by Gasteiger charge is -2.00. The molecule has 21 heavy (non-hydrogen) atoms. The second kappa shape index (κ2) is 7.49. The summed E-state index contributed by atoms with van der Waals surface area (Å²) >= 11 is 0. The van der Waals surface area contributed by atoms with E-state index in [1.807, 2.05) is 0 Å². The molecule has 0 radical (unpaired) electrons. The quantitative estimate of drug-likeness (QED) is 0.613. The van der Waals surface area contributed by atoms with E-state index in [1.165, 1.54) is 11.1 Å². The normalized spacial score (nSPS) is 23.2. The third kappa shape index (κ3) is 7.71. The molecule has 0 saturated carbocycles. The third-order valence-electron chi connectivity index (χ3n) is 3.13. The molecule has 6 nitrogen and oxygen atoms in total. The van der Waals surface area contributed by atoms with Crippen LogP contribution in [0.3, 0.4) is 0 Å². The fraction of sp³-hybridized carbons (Fsp3) is 0.571. The number of rotatable bonds is 6. The van der Waals surface area contributed by atoms with Crippen LogP contribution in [-0.2, 0) is 31.4 Å². The third-order valence-corrected chi connectivity index (χ3v) is 3.61. The average Bonchev–Trinajstić information content (AvgIpc) is 3.32. The van der Waals surface area contributed by atoms with E-state index in [4.69, 9.17) is 14.5 Å². The standard InChI is InChI=1S/C11H14O.C3H7O5P/c1-2-9-3-5-10(6-4-9)7-11-8-12-11;4-9(5,6)8-2-3-1-7-3/h3-6,11H,2,7-8H2,1H3;3H,1-2H2,(H2,4,5,6). The highest BCUT2D eigenvalue weighted by Crippen LogP contribution is 2.36. The Bertz CT molecular complexity index is 475. The van der Waals surface area contributed by atoms with Crippen molar-refractivity contribution >= 4 is 7.82 Å². The monoisotopic (exact) mass is 316 g/mol. The fourth-order valence-corrected chi connectivity index (χ4v) is 2.06. The number of epoxide rings is 2. The molecule has 1 aromatic rings. The van der Waals surface area contributed by atoms with Gasteiger partial charge in [0.2, 0.25) is 0 Å². The number of benzene rings is 1. The number of phosphoric ester groups is 1. The predicted molar refractivity (Wildman–Crippen MR) is 77.0 cm³/mol. The molecular formula is C14H21O6P. The van der Waals surface area contributed by atoms with E-state index >= 15 is 0 Å². The highest BCUT2D eigenvalue weighted by Gasteiger charge is 2.26. The Labute approximate surface area is 124 Å². The maximum absolute atomic E-state index is 9.98. The van der Waals surface area contributed by atoms with Crippen molar-refractivity contribution in [2.45, 2.75) is 32.0 Å². The van der Waals surface area contributed by atoms with Crippen molar-refractivity contribution in [3.63, 3.8) is 0 Å². The molecule has 118 valence electrons. The summed E-state index contributed by atoms with van der Waals surface area (Å²) in [6.45, 7) is 3.67. The van der Waals surface area contributed by atoms with Crippen LogP contribution in [0.1, 0.15) is 18.1 Å². The van der Waals surface area contributed by atoms with E-state index in [0.29, 0.717) is 12.7 Å². The Hall–Kier alpha value is -0.750. The van der Waals surface area contributed by atoms with E-state index < -0.39 is 7.82 Å². The summed E-state index contributed by atoms with van der Waals surface area (Å²) < 4.78 is 23.9. The van der Waals surface area contributed by atoms with Crippen LogP contribution in [-0.4, -0.2) is 41.8 Å². The highest BCUT2D eigenvalue weighted by molar-refractivity contribution is 7.46. The fourth-order valence-electron chi connectivity index (χ4n) is 1.70. The van der Waals surface area contributed by atoms with E-state index in [1.54, 1.807) is 0 Å². The first-order valence-electron chi connectivity index (χ1n) is 6.97. The molecule has 2 saturated heterocycles. The maximum atomic E-state index is 9.98. The van der Waals surface area contributed by atoms with Gasteiger partial charge in [-0.25, -0.2) is 4.57 Å². The SMILES string of the molecule is CCc1ccc(CC2CO2)cc1.O=P(O)(O)OCC1CO1. The maximum Gasteiger partial charge on any atom is 0.469 e. The van der Waals surface area contributed by atoms with Crippen LogP contribution in [0.25, 0.3) is 0 Å². The number of aryl methyl sites for hydroxylation is 1. The summed E-state index contributed by atoms with van der Waals surface area (Å²) in [5.41, 5.74) is 2.81. The van der Waals surface area contributed by atoms with Gasteiger partial charge in [0, 0.05) is 6.42 Å². The van der Waals surface area contributed by atoms with Gasteiger partial charge >= 0.3 is 7.82 Å².